The van der Waals surface area contributed by atoms with E-state index in [0.717, 1.165) is 18.4 Å². The maximum absolute atomic E-state index is 13.1. The minimum Gasteiger partial charge on any atom is -0.506 e. The van der Waals surface area contributed by atoms with Gasteiger partial charge in [-0.05, 0) is 30.5 Å². The number of H-pyrrole nitrogens is 1. The van der Waals surface area contributed by atoms with E-state index in [1.807, 2.05) is 13.2 Å². The number of aromatic nitrogens is 5. The van der Waals surface area contributed by atoms with Gasteiger partial charge in [-0.1, -0.05) is 19.4 Å². The summed E-state index contributed by atoms with van der Waals surface area (Å²) in [5.41, 5.74) is 1.77. The first kappa shape index (κ1) is 23.1. The average molecular weight is 466 g/mol. The Bertz CT molecular complexity index is 1330. The van der Waals surface area contributed by atoms with Crippen LogP contribution in [0.3, 0.4) is 0 Å². The smallest absolute Gasteiger partial charge is 0.264 e. The van der Waals surface area contributed by atoms with Crippen molar-refractivity contribution in [2.75, 3.05) is 14.2 Å². The fraction of sp³-hybridized carbons (Fsp3) is 0.333. The topological polar surface area (TPSA) is 128 Å². The van der Waals surface area contributed by atoms with Crippen LogP contribution >= 0.6 is 0 Å². The van der Waals surface area contributed by atoms with Gasteiger partial charge in [-0.2, -0.15) is 5.10 Å². The summed E-state index contributed by atoms with van der Waals surface area (Å²) in [6.45, 7) is 2.05. The van der Waals surface area contributed by atoms with Crippen LogP contribution in [0.15, 0.2) is 39.8 Å². The SMILES string of the molecule is CCCCc1[nH]c(=O)c(-c2nnc(Cc3cnn(C)c3)o2)c(O)c1-c1c(OC)cccc1OC. The van der Waals surface area contributed by atoms with E-state index in [4.69, 9.17) is 13.9 Å². The molecule has 0 saturated heterocycles. The van der Waals surface area contributed by atoms with Crippen molar-refractivity contribution in [3.63, 3.8) is 0 Å². The van der Waals surface area contributed by atoms with Gasteiger partial charge in [-0.25, -0.2) is 0 Å². The Morgan fingerprint density at radius 1 is 1.12 bits per heavy atom. The van der Waals surface area contributed by atoms with Gasteiger partial charge in [0.05, 0.1) is 38.0 Å². The maximum atomic E-state index is 13.1. The molecule has 10 heteroatoms. The zero-order valence-electron chi connectivity index (χ0n) is 19.6. The zero-order valence-corrected chi connectivity index (χ0v) is 19.6. The molecule has 10 nitrogen and oxygen atoms in total. The van der Waals surface area contributed by atoms with E-state index < -0.39 is 5.56 Å². The molecule has 34 heavy (non-hydrogen) atoms. The summed E-state index contributed by atoms with van der Waals surface area (Å²) in [7, 11) is 4.89. The normalized spacial score (nSPS) is 11.1. The quantitative estimate of drug-likeness (QED) is 0.384. The largest absolute Gasteiger partial charge is 0.506 e. The highest BCUT2D eigenvalue weighted by Gasteiger charge is 2.27. The van der Waals surface area contributed by atoms with E-state index >= 15 is 0 Å². The molecule has 2 N–H and O–H groups in total. The molecule has 0 aliphatic carbocycles. The summed E-state index contributed by atoms with van der Waals surface area (Å²) in [5.74, 6) is 0.943. The maximum Gasteiger partial charge on any atom is 0.264 e. The van der Waals surface area contributed by atoms with Gasteiger partial charge >= 0.3 is 0 Å². The predicted octanol–water partition coefficient (Wildman–Crippen LogP) is 3.48. The number of rotatable bonds is 9. The lowest BCUT2D eigenvalue weighted by Crippen LogP contribution is -2.14. The molecule has 0 unspecified atom stereocenters. The Hall–Kier alpha value is -4.08. The second kappa shape index (κ2) is 9.82. The summed E-state index contributed by atoms with van der Waals surface area (Å²) in [4.78, 5) is 16.0. The predicted molar refractivity (Wildman–Crippen MR) is 125 cm³/mol. The fourth-order valence-electron chi connectivity index (χ4n) is 3.91. The van der Waals surface area contributed by atoms with E-state index in [9.17, 15) is 9.90 Å². The molecule has 0 saturated carbocycles. The molecule has 0 radical (unpaired) electrons. The van der Waals surface area contributed by atoms with Gasteiger partial charge in [0.15, 0.2) is 0 Å². The number of benzene rings is 1. The van der Waals surface area contributed by atoms with Crippen LogP contribution in [0.25, 0.3) is 22.6 Å². The first-order valence-corrected chi connectivity index (χ1v) is 11.0. The van der Waals surface area contributed by atoms with Crippen LogP contribution in [0, 0.1) is 0 Å². The highest BCUT2D eigenvalue weighted by molar-refractivity contribution is 5.86. The fourth-order valence-corrected chi connectivity index (χ4v) is 3.91. The van der Waals surface area contributed by atoms with Crippen molar-refractivity contribution in [1.29, 1.82) is 0 Å². The van der Waals surface area contributed by atoms with Gasteiger partial charge < -0.3 is 24.0 Å². The van der Waals surface area contributed by atoms with Crippen LogP contribution in [0.4, 0.5) is 0 Å². The standard InChI is InChI=1S/C24H27N5O5/c1-5-6-8-15-19(20-16(32-3)9-7-10-17(20)33-4)22(30)21(23(31)26-15)24-28-27-18(34-24)11-14-12-25-29(2)13-14/h7,9-10,12-13H,5-6,8,11H2,1-4H3,(H2,26,30,31). The minimum atomic E-state index is -0.516. The number of methoxy groups -OCH3 is 2. The van der Waals surface area contributed by atoms with Crippen molar-refractivity contribution in [1.82, 2.24) is 25.0 Å². The lowest BCUT2D eigenvalue weighted by atomic mass is 9.96. The van der Waals surface area contributed by atoms with Gasteiger partial charge in [-0.15, -0.1) is 10.2 Å². The molecule has 0 aliphatic rings. The van der Waals surface area contributed by atoms with E-state index in [0.29, 0.717) is 47.1 Å². The molecule has 0 atom stereocenters. The van der Waals surface area contributed by atoms with Crippen LogP contribution in [-0.2, 0) is 19.9 Å². The summed E-state index contributed by atoms with van der Waals surface area (Å²) >= 11 is 0. The van der Waals surface area contributed by atoms with Gasteiger partial charge in [-0.3, -0.25) is 9.48 Å². The van der Waals surface area contributed by atoms with Gasteiger partial charge in [0.2, 0.25) is 5.89 Å². The Balaban J connectivity index is 1.88. The Morgan fingerprint density at radius 2 is 1.85 bits per heavy atom. The van der Waals surface area contributed by atoms with E-state index in [1.54, 1.807) is 29.1 Å². The molecular weight excluding hydrogens is 438 g/mol. The molecule has 3 heterocycles. The second-order valence-electron chi connectivity index (χ2n) is 7.87. The summed E-state index contributed by atoms with van der Waals surface area (Å²) in [5, 5.41) is 23.6. The molecule has 0 amide bonds. The number of nitrogens with one attached hydrogen (secondary N) is 1. The number of aromatic amines is 1. The Morgan fingerprint density at radius 3 is 2.47 bits per heavy atom. The molecule has 0 aliphatic heterocycles. The van der Waals surface area contributed by atoms with Gasteiger partial charge in [0.1, 0.15) is 22.8 Å². The van der Waals surface area contributed by atoms with Crippen LogP contribution in [0.2, 0.25) is 0 Å². The van der Waals surface area contributed by atoms with Crippen molar-refractivity contribution in [2.45, 2.75) is 32.6 Å². The number of nitrogens with zero attached hydrogens (tertiary/aromatic N) is 4. The van der Waals surface area contributed by atoms with E-state index in [-0.39, 0.29) is 17.2 Å². The third-order valence-corrected chi connectivity index (χ3v) is 5.52. The molecule has 178 valence electrons. The molecule has 0 fully saturated rings. The molecule has 4 rings (SSSR count). The Kier molecular flexibility index (Phi) is 6.67. The van der Waals surface area contributed by atoms with Crippen LogP contribution in [-0.4, -0.2) is 44.3 Å². The molecule has 3 aromatic heterocycles. The van der Waals surface area contributed by atoms with E-state index in [2.05, 4.69) is 27.2 Å². The van der Waals surface area contributed by atoms with Crippen molar-refractivity contribution in [3.8, 4) is 39.8 Å². The van der Waals surface area contributed by atoms with Crippen molar-refractivity contribution in [2.24, 2.45) is 7.05 Å². The summed E-state index contributed by atoms with van der Waals surface area (Å²) in [6, 6.07) is 5.33. The average Bonchev–Trinajstić information content (AvgIpc) is 3.46. The number of aryl methyl sites for hydroxylation is 2. The molecule has 0 spiro atoms. The first-order chi connectivity index (χ1) is 16.5. The number of ether oxygens (including phenoxy) is 2. The molecular formula is C24H27N5O5. The third kappa shape index (κ3) is 4.39. The van der Waals surface area contributed by atoms with Crippen LogP contribution < -0.4 is 15.0 Å². The van der Waals surface area contributed by atoms with Gasteiger partial charge in [0, 0.05) is 18.9 Å². The second-order valence-corrected chi connectivity index (χ2v) is 7.87. The lowest BCUT2D eigenvalue weighted by molar-refractivity contribution is 0.396. The highest BCUT2D eigenvalue weighted by atomic mass is 16.5. The number of pyridine rings is 1. The summed E-state index contributed by atoms with van der Waals surface area (Å²) < 4.78 is 18.6. The van der Waals surface area contributed by atoms with Crippen LogP contribution in [0.1, 0.15) is 36.9 Å². The lowest BCUT2D eigenvalue weighted by Gasteiger charge is -2.18. The third-order valence-electron chi connectivity index (χ3n) is 5.52. The highest BCUT2D eigenvalue weighted by Crippen LogP contribution is 2.46. The number of hydrogen-bond acceptors (Lipinski definition) is 8. The zero-order chi connectivity index (χ0) is 24.2. The van der Waals surface area contributed by atoms with Crippen molar-refractivity contribution in [3.05, 3.63) is 58.1 Å². The minimum absolute atomic E-state index is 0.0743. The van der Waals surface area contributed by atoms with Crippen molar-refractivity contribution >= 4 is 0 Å². The molecule has 4 aromatic rings. The van der Waals surface area contributed by atoms with E-state index in [1.165, 1.54) is 14.2 Å². The monoisotopic (exact) mass is 465 g/mol. The first-order valence-electron chi connectivity index (χ1n) is 11.0. The number of hydrogen-bond donors (Lipinski definition) is 2. The number of unbranched alkanes of at least 4 members (excludes halogenated alkanes) is 1. The number of aromatic hydroxyl groups is 1. The molecule has 0 bridgehead atoms. The van der Waals surface area contributed by atoms with Gasteiger partial charge in [0.25, 0.3) is 11.4 Å². The van der Waals surface area contributed by atoms with Crippen molar-refractivity contribution < 1.29 is 19.0 Å². The molecule has 1 aromatic carbocycles. The summed E-state index contributed by atoms with van der Waals surface area (Å²) in [6.07, 6.45) is 6.16. The van der Waals surface area contributed by atoms with Crippen LogP contribution in [0.5, 0.6) is 17.2 Å². The Labute approximate surface area is 196 Å².